The number of nitrogens with zero attached hydrogens (tertiary/aromatic N) is 2. The minimum absolute atomic E-state index is 0.0834. The zero-order chi connectivity index (χ0) is 15.9. The molecule has 0 atom stereocenters. The zero-order valence-corrected chi connectivity index (χ0v) is 14.7. The Bertz CT molecular complexity index is 654. The highest BCUT2D eigenvalue weighted by atomic mass is 79.9. The van der Waals surface area contributed by atoms with E-state index < -0.39 is 0 Å². The molecule has 0 N–H and O–H groups in total. The molecule has 4 nitrogen and oxygen atoms in total. The summed E-state index contributed by atoms with van der Waals surface area (Å²) in [5.74, 6) is -0.167. The third-order valence-electron chi connectivity index (χ3n) is 2.81. The van der Waals surface area contributed by atoms with Crippen LogP contribution in [-0.2, 0) is 0 Å². The first-order chi connectivity index (χ1) is 10.6. The van der Waals surface area contributed by atoms with Crippen molar-refractivity contribution in [1.82, 2.24) is 0 Å². The molecule has 0 aliphatic heterocycles. The van der Waals surface area contributed by atoms with Crippen LogP contribution in [0, 0.1) is 0 Å². The van der Waals surface area contributed by atoms with Gasteiger partial charge in [0.1, 0.15) is 0 Å². The van der Waals surface area contributed by atoms with E-state index in [-0.39, 0.29) is 11.5 Å². The van der Waals surface area contributed by atoms with E-state index in [1.165, 1.54) is 0 Å². The summed E-state index contributed by atoms with van der Waals surface area (Å²) in [5, 5.41) is 23.5. The quantitative estimate of drug-likeness (QED) is 0.547. The Hall–Kier alpha value is -1.66. The fourth-order valence-electron chi connectivity index (χ4n) is 1.70. The van der Waals surface area contributed by atoms with Crippen LogP contribution < -0.4 is 10.2 Å². The summed E-state index contributed by atoms with van der Waals surface area (Å²) >= 11 is 6.37. The van der Waals surface area contributed by atoms with Gasteiger partial charge in [-0.15, -0.1) is 0 Å². The third-order valence-corrected chi connectivity index (χ3v) is 4.06. The van der Waals surface area contributed by atoms with Gasteiger partial charge < -0.3 is 10.2 Å². The van der Waals surface area contributed by atoms with Gasteiger partial charge in [-0.2, -0.15) is 0 Å². The lowest BCUT2D eigenvalue weighted by Crippen LogP contribution is -1.99. The lowest BCUT2D eigenvalue weighted by Gasteiger charge is -2.11. The molecule has 2 aromatic rings. The molecular formula is C16H12Br2N2O2-2. The highest BCUT2D eigenvalue weighted by Gasteiger charge is 1.94. The normalized spacial score (nSPS) is 11.5. The van der Waals surface area contributed by atoms with Crippen LogP contribution in [0.2, 0.25) is 0 Å². The number of aliphatic imine (C=N–C) groups is 2. The van der Waals surface area contributed by atoms with Crippen molar-refractivity contribution in [1.29, 1.82) is 0 Å². The fraction of sp³-hybridized carbons (Fsp3) is 0.125. The van der Waals surface area contributed by atoms with E-state index in [0.29, 0.717) is 33.2 Å². The molecule has 0 saturated heterocycles. The van der Waals surface area contributed by atoms with Crippen molar-refractivity contribution in [3.8, 4) is 11.5 Å². The summed E-state index contributed by atoms with van der Waals surface area (Å²) in [4.78, 5) is 8.34. The van der Waals surface area contributed by atoms with Gasteiger partial charge in [0.05, 0.1) is 13.1 Å². The Morgan fingerprint density at radius 2 is 1.18 bits per heavy atom. The number of rotatable bonds is 5. The van der Waals surface area contributed by atoms with Crippen LogP contribution >= 0.6 is 31.9 Å². The predicted octanol–water partition coefficient (Wildman–Crippen LogP) is 2.90. The SMILES string of the molecule is [O-]c1c(Br)cccc1C=NCCN=Cc1cccc(Br)c1[O-]. The van der Waals surface area contributed by atoms with E-state index in [1.807, 2.05) is 0 Å². The van der Waals surface area contributed by atoms with Crippen molar-refractivity contribution in [2.45, 2.75) is 0 Å². The van der Waals surface area contributed by atoms with E-state index in [0.717, 1.165) is 0 Å². The van der Waals surface area contributed by atoms with Crippen molar-refractivity contribution < 1.29 is 10.2 Å². The summed E-state index contributed by atoms with van der Waals surface area (Å²) in [6.07, 6.45) is 3.08. The van der Waals surface area contributed by atoms with Gasteiger partial charge in [-0.3, -0.25) is 9.98 Å². The number of para-hydroxylation sites is 2. The molecule has 0 spiro atoms. The number of hydrogen-bond donors (Lipinski definition) is 0. The Morgan fingerprint density at radius 3 is 1.59 bits per heavy atom. The zero-order valence-electron chi connectivity index (χ0n) is 11.5. The molecule has 2 rings (SSSR count). The molecule has 0 unspecified atom stereocenters. The van der Waals surface area contributed by atoms with Crippen LogP contribution in [0.1, 0.15) is 11.1 Å². The molecule has 0 saturated carbocycles. The molecule has 2 aromatic carbocycles. The number of hydrogen-bond acceptors (Lipinski definition) is 4. The average molecular weight is 424 g/mol. The van der Waals surface area contributed by atoms with E-state index >= 15 is 0 Å². The molecule has 0 radical (unpaired) electrons. The first-order valence-corrected chi connectivity index (χ1v) is 8.09. The fourth-order valence-corrected chi connectivity index (χ4v) is 2.46. The second kappa shape index (κ2) is 8.10. The molecule has 0 aliphatic carbocycles. The highest BCUT2D eigenvalue weighted by Crippen LogP contribution is 2.24. The van der Waals surface area contributed by atoms with Crippen molar-refractivity contribution in [3.05, 3.63) is 56.5 Å². The first-order valence-electron chi connectivity index (χ1n) is 6.50. The van der Waals surface area contributed by atoms with Gasteiger partial charge in [0.15, 0.2) is 0 Å². The molecule has 0 aliphatic rings. The van der Waals surface area contributed by atoms with Gasteiger partial charge in [-0.1, -0.05) is 67.6 Å². The smallest absolute Gasteiger partial charge is 0.0585 e. The lowest BCUT2D eigenvalue weighted by atomic mass is 10.2. The Labute approximate surface area is 145 Å². The predicted molar refractivity (Wildman–Crippen MR) is 92.1 cm³/mol. The van der Waals surface area contributed by atoms with Gasteiger partial charge >= 0.3 is 0 Å². The molecule has 114 valence electrons. The van der Waals surface area contributed by atoms with Gasteiger partial charge in [0.2, 0.25) is 0 Å². The molecule has 0 amide bonds. The number of halogens is 2. The summed E-state index contributed by atoms with van der Waals surface area (Å²) in [6, 6.07) is 10.4. The van der Waals surface area contributed by atoms with Gasteiger partial charge in [-0.05, 0) is 23.3 Å². The van der Waals surface area contributed by atoms with Crippen molar-refractivity contribution in [2.24, 2.45) is 9.98 Å². The summed E-state index contributed by atoms with van der Waals surface area (Å²) in [6.45, 7) is 0.898. The van der Waals surface area contributed by atoms with Crippen molar-refractivity contribution in [2.75, 3.05) is 13.1 Å². The third kappa shape index (κ3) is 4.42. The van der Waals surface area contributed by atoms with Gasteiger partial charge in [0.25, 0.3) is 0 Å². The Balaban J connectivity index is 1.89. The molecule has 0 fully saturated rings. The van der Waals surface area contributed by atoms with Crippen molar-refractivity contribution >= 4 is 44.3 Å². The van der Waals surface area contributed by atoms with E-state index in [2.05, 4.69) is 41.8 Å². The maximum Gasteiger partial charge on any atom is 0.0585 e. The standard InChI is InChI=1S/C16H14Br2N2O2/c17-13-5-1-3-11(15(13)21)9-19-7-8-20-10-12-4-2-6-14(18)16(12)22/h1-6,9-10,21-22H,7-8H2/p-2. The first kappa shape index (κ1) is 16.7. The maximum absolute atomic E-state index is 11.7. The lowest BCUT2D eigenvalue weighted by molar-refractivity contribution is -0.270. The van der Waals surface area contributed by atoms with E-state index in [4.69, 9.17) is 0 Å². The van der Waals surface area contributed by atoms with Crippen LogP contribution in [0.15, 0.2) is 55.3 Å². The second-order valence-corrected chi connectivity index (χ2v) is 6.10. The maximum atomic E-state index is 11.7. The Kier molecular flexibility index (Phi) is 6.15. The number of benzene rings is 2. The van der Waals surface area contributed by atoms with Gasteiger partial charge in [0, 0.05) is 21.4 Å². The molecule has 22 heavy (non-hydrogen) atoms. The average Bonchev–Trinajstić information content (AvgIpc) is 2.51. The molecule has 0 bridgehead atoms. The second-order valence-electron chi connectivity index (χ2n) is 4.39. The van der Waals surface area contributed by atoms with E-state index in [1.54, 1.807) is 48.8 Å². The Morgan fingerprint density at radius 1 is 0.773 bits per heavy atom. The summed E-state index contributed by atoms with van der Waals surface area (Å²) < 4.78 is 1.04. The van der Waals surface area contributed by atoms with Gasteiger partial charge in [-0.25, -0.2) is 0 Å². The van der Waals surface area contributed by atoms with Crippen LogP contribution in [0.4, 0.5) is 0 Å². The summed E-state index contributed by atoms with van der Waals surface area (Å²) in [7, 11) is 0. The van der Waals surface area contributed by atoms with Crippen LogP contribution in [0.3, 0.4) is 0 Å². The molecule has 0 aromatic heterocycles. The van der Waals surface area contributed by atoms with Crippen molar-refractivity contribution in [3.63, 3.8) is 0 Å². The largest absolute Gasteiger partial charge is 0.871 e. The minimum atomic E-state index is -0.0834. The minimum Gasteiger partial charge on any atom is -0.871 e. The highest BCUT2D eigenvalue weighted by molar-refractivity contribution is 9.10. The summed E-state index contributed by atoms with van der Waals surface area (Å²) in [5.41, 5.74) is 1.07. The van der Waals surface area contributed by atoms with Crippen LogP contribution in [0.5, 0.6) is 11.5 Å². The van der Waals surface area contributed by atoms with Crippen LogP contribution in [0.25, 0.3) is 0 Å². The van der Waals surface area contributed by atoms with E-state index in [9.17, 15) is 10.2 Å². The molecule has 6 heteroatoms. The molecular weight excluding hydrogens is 412 g/mol. The molecule has 0 heterocycles. The van der Waals surface area contributed by atoms with Crippen LogP contribution in [-0.4, -0.2) is 25.5 Å². The topological polar surface area (TPSA) is 70.8 Å². The monoisotopic (exact) mass is 422 g/mol.